The molecule has 3 aromatic rings. The van der Waals surface area contributed by atoms with Crippen molar-refractivity contribution >= 4 is 23.5 Å². The third-order valence-corrected chi connectivity index (χ3v) is 4.41. The molecule has 24 heavy (non-hydrogen) atoms. The van der Waals surface area contributed by atoms with E-state index in [2.05, 4.69) is 33.6 Å². The number of aromatic nitrogens is 5. The van der Waals surface area contributed by atoms with Gasteiger partial charge >= 0.3 is 0 Å². The lowest BCUT2D eigenvalue weighted by molar-refractivity contribution is -0.113. The first-order chi connectivity index (χ1) is 11.7. The van der Waals surface area contributed by atoms with E-state index in [9.17, 15) is 4.79 Å². The van der Waals surface area contributed by atoms with Crippen molar-refractivity contribution in [3.8, 4) is 5.69 Å². The molecule has 0 radical (unpaired) electrons. The smallest absolute Gasteiger partial charge is 0.236 e. The highest BCUT2D eigenvalue weighted by molar-refractivity contribution is 7.99. The van der Waals surface area contributed by atoms with Crippen LogP contribution in [0.15, 0.2) is 48.0 Å². The zero-order valence-corrected chi connectivity index (χ0v) is 14.3. The van der Waals surface area contributed by atoms with E-state index in [0.717, 1.165) is 12.1 Å². The molecule has 0 aliphatic heterocycles. The van der Waals surface area contributed by atoms with Crippen molar-refractivity contribution in [1.29, 1.82) is 0 Å². The number of carbonyl (C=O) groups is 1. The summed E-state index contributed by atoms with van der Waals surface area (Å²) in [5.74, 6) is 0.654. The molecular weight excluding hydrogens is 324 g/mol. The minimum Gasteiger partial charge on any atom is -0.308 e. The zero-order valence-electron chi connectivity index (χ0n) is 13.5. The highest BCUT2D eigenvalue weighted by Crippen LogP contribution is 2.22. The average molecular weight is 342 g/mol. The molecule has 1 amide bonds. The predicted octanol–water partition coefficient (Wildman–Crippen LogP) is 2.29. The second-order valence-corrected chi connectivity index (χ2v) is 6.12. The Morgan fingerprint density at radius 1 is 1.29 bits per heavy atom. The molecule has 0 atom stereocenters. The van der Waals surface area contributed by atoms with Gasteiger partial charge in [0.2, 0.25) is 5.91 Å². The molecule has 0 aliphatic rings. The molecule has 0 saturated carbocycles. The van der Waals surface area contributed by atoms with Gasteiger partial charge in [-0.2, -0.15) is 5.10 Å². The van der Waals surface area contributed by atoms with Crippen molar-refractivity contribution in [2.24, 2.45) is 7.05 Å². The second kappa shape index (κ2) is 7.31. The number of rotatable bonds is 6. The van der Waals surface area contributed by atoms with E-state index in [-0.39, 0.29) is 11.7 Å². The van der Waals surface area contributed by atoms with Crippen LogP contribution < -0.4 is 5.32 Å². The van der Waals surface area contributed by atoms with Gasteiger partial charge in [-0.1, -0.05) is 36.9 Å². The van der Waals surface area contributed by atoms with Gasteiger partial charge in [-0.25, -0.2) is 0 Å². The molecule has 3 rings (SSSR count). The van der Waals surface area contributed by atoms with E-state index in [1.165, 1.54) is 17.3 Å². The minimum atomic E-state index is -0.128. The summed E-state index contributed by atoms with van der Waals surface area (Å²) in [4.78, 5) is 12.0. The van der Waals surface area contributed by atoms with E-state index in [1.54, 1.807) is 30.3 Å². The maximum atomic E-state index is 12.0. The van der Waals surface area contributed by atoms with E-state index < -0.39 is 0 Å². The largest absolute Gasteiger partial charge is 0.308 e. The van der Waals surface area contributed by atoms with Crippen LogP contribution in [0.25, 0.3) is 5.69 Å². The number of thioether (sulfide) groups is 1. The summed E-state index contributed by atoms with van der Waals surface area (Å²) in [6.45, 7) is 2.11. The predicted molar refractivity (Wildman–Crippen MR) is 93.3 cm³/mol. The number of carbonyl (C=O) groups excluding carboxylic acids is 1. The summed E-state index contributed by atoms with van der Waals surface area (Å²) in [7, 11) is 1.80. The van der Waals surface area contributed by atoms with Gasteiger partial charge in [-0.05, 0) is 18.1 Å². The Labute approximate surface area is 144 Å². The summed E-state index contributed by atoms with van der Waals surface area (Å²) in [5, 5.41) is 15.7. The van der Waals surface area contributed by atoms with Crippen LogP contribution in [0, 0.1) is 0 Å². The van der Waals surface area contributed by atoms with E-state index in [4.69, 9.17) is 0 Å². The van der Waals surface area contributed by atoms with Gasteiger partial charge in [0.25, 0.3) is 0 Å². The van der Waals surface area contributed by atoms with Crippen molar-refractivity contribution in [2.45, 2.75) is 18.5 Å². The summed E-state index contributed by atoms with van der Waals surface area (Å²) in [6.07, 6.45) is 4.37. The summed E-state index contributed by atoms with van der Waals surface area (Å²) in [6, 6.07) is 9.86. The lowest BCUT2D eigenvalue weighted by Crippen LogP contribution is -2.15. The summed E-state index contributed by atoms with van der Waals surface area (Å²) in [5.41, 5.74) is 2.25. The molecule has 2 heterocycles. The molecule has 1 N–H and O–H groups in total. The van der Waals surface area contributed by atoms with Gasteiger partial charge in [0.05, 0.1) is 11.4 Å². The monoisotopic (exact) mass is 342 g/mol. The minimum absolute atomic E-state index is 0.128. The van der Waals surface area contributed by atoms with Crippen LogP contribution in [0.1, 0.15) is 12.5 Å². The van der Waals surface area contributed by atoms with Gasteiger partial charge in [0.1, 0.15) is 6.33 Å². The molecule has 124 valence electrons. The number of amides is 1. The van der Waals surface area contributed by atoms with Crippen molar-refractivity contribution in [2.75, 3.05) is 11.1 Å². The fraction of sp³-hybridized carbons (Fsp3) is 0.250. The molecule has 0 unspecified atom stereocenters. The van der Waals surface area contributed by atoms with Crippen molar-refractivity contribution < 1.29 is 4.79 Å². The topological polar surface area (TPSA) is 77.6 Å². The maximum Gasteiger partial charge on any atom is 0.236 e. The number of aryl methyl sites for hydroxylation is 2. The van der Waals surface area contributed by atoms with Crippen LogP contribution in [0.5, 0.6) is 0 Å². The highest BCUT2D eigenvalue weighted by atomic mass is 32.2. The number of nitrogens with zero attached hydrogens (tertiary/aromatic N) is 5. The summed E-state index contributed by atoms with van der Waals surface area (Å²) < 4.78 is 3.55. The van der Waals surface area contributed by atoms with Gasteiger partial charge in [-0.3, -0.25) is 14.0 Å². The van der Waals surface area contributed by atoms with Crippen LogP contribution >= 0.6 is 11.8 Å². The highest BCUT2D eigenvalue weighted by Gasteiger charge is 2.12. The van der Waals surface area contributed by atoms with Gasteiger partial charge < -0.3 is 5.32 Å². The van der Waals surface area contributed by atoms with Crippen LogP contribution in [-0.2, 0) is 18.3 Å². The molecule has 7 nitrogen and oxygen atoms in total. The molecule has 2 aromatic heterocycles. The molecule has 1 aromatic carbocycles. The van der Waals surface area contributed by atoms with Crippen LogP contribution in [0.2, 0.25) is 0 Å². The Bertz CT molecular complexity index is 840. The van der Waals surface area contributed by atoms with Crippen molar-refractivity contribution in [3.63, 3.8) is 0 Å². The number of benzene rings is 1. The average Bonchev–Trinajstić information content (AvgIpc) is 3.21. The van der Waals surface area contributed by atoms with E-state index in [1.807, 2.05) is 22.8 Å². The first-order valence-electron chi connectivity index (χ1n) is 7.58. The SMILES string of the molecule is CCc1ccccc1-n1cnnc1SCC(=O)Nc1ccn(C)n1. The van der Waals surface area contributed by atoms with Crippen LogP contribution in [0.4, 0.5) is 5.82 Å². The Morgan fingerprint density at radius 3 is 2.88 bits per heavy atom. The number of para-hydroxylation sites is 1. The van der Waals surface area contributed by atoms with E-state index >= 15 is 0 Å². The molecule has 0 saturated heterocycles. The fourth-order valence-electron chi connectivity index (χ4n) is 2.32. The Hall–Kier alpha value is -2.61. The number of anilines is 1. The normalized spacial score (nSPS) is 10.8. The standard InChI is InChI=1S/C16H18N6OS/c1-3-12-6-4-5-7-13(12)22-11-17-19-16(22)24-10-15(23)18-14-8-9-21(2)20-14/h4-9,11H,3,10H2,1-2H3,(H,18,20,23). The Morgan fingerprint density at radius 2 is 2.12 bits per heavy atom. The molecule has 0 aliphatic carbocycles. The lowest BCUT2D eigenvalue weighted by Gasteiger charge is -2.10. The first kappa shape index (κ1) is 16.3. The van der Waals surface area contributed by atoms with Gasteiger partial charge in [0, 0.05) is 19.3 Å². The van der Waals surface area contributed by atoms with Gasteiger partial charge in [0.15, 0.2) is 11.0 Å². The number of hydrogen-bond acceptors (Lipinski definition) is 5. The second-order valence-electron chi connectivity index (χ2n) is 5.18. The third-order valence-electron chi connectivity index (χ3n) is 3.46. The van der Waals surface area contributed by atoms with Crippen molar-refractivity contribution in [3.05, 3.63) is 48.4 Å². The molecule has 0 fully saturated rings. The lowest BCUT2D eigenvalue weighted by atomic mass is 10.1. The first-order valence-corrected chi connectivity index (χ1v) is 8.56. The summed E-state index contributed by atoms with van der Waals surface area (Å²) >= 11 is 1.34. The van der Waals surface area contributed by atoms with E-state index in [0.29, 0.717) is 11.0 Å². The Kier molecular flexibility index (Phi) is 4.95. The quantitative estimate of drug-likeness (QED) is 0.696. The number of hydrogen-bond donors (Lipinski definition) is 1. The zero-order chi connectivity index (χ0) is 16.9. The molecular formula is C16H18N6OS. The van der Waals surface area contributed by atoms with Crippen LogP contribution in [0.3, 0.4) is 0 Å². The molecule has 0 spiro atoms. The maximum absolute atomic E-state index is 12.0. The van der Waals surface area contributed by atoms with Gasteiger partial charge in [-0.15, -0.1) is 10.2 Å². The number of nitrogens with one attached hydrogen (secondary N) is 1. The van der Waals surface area contributed by atoms with Crippen molar-refractivity contribution in [1.82, 2.24) is 24.5 Å². The van der Waals surface area contributed by atoms with Crippen LogP contribution in [-0.4, -0.2) is 36.2 Å². The molecule has 8 heteroatoms. The Balaban J connectivity index is 1.68. The molecule has 0 bridgehead atoms. The fourth-order valence-corrected chi connectivity index (χ4v) is 3.05. The third kappa shape index (κ3) is 3.65.